The summed E-state index contributed by atoms with van der Waals surface area (Å²) in [5.41, 5.74) is 1.53. The van der Waals surface area contributed by atoms with E-state index in [0.717, 1.165) is 42.6 Å². The second-order valence-electron chi connectivity index (χ2n) is 7.27. The zero-order valence-corrected chi connectivity index (χ0v) is 15.3. The molecular weight excluding hydrogens is 326 g/mol. The van der Waals surface area contributed by atoms with Gasteiger partial charge in [0, 0.05) is 42.4 Å². The van der Waals surface area contributed by atoms with Gasteiger partial charge in [-0.15, -0.1) is 0 Å². The largest absolute Gasteiger partial charge is 0.490 e. The number of rotatable bonds is 4. The minimum atomic E-state index is -0.0604. The number of hydrogen-bond donors (Lipinski definition) is 1. The molecule has 3 aromatic rings. The van der Waals surface area contributed by atoms with Gasteiger partial charge in [0.1, 0.15) is 17.5 Å². The van der Waals surface area contributed by atoms with Crippen molar-refractivity contribution in [2.75, 3.05) is 13.1 Å². The summed E-state index contributed by atoms with van der Waals surface area (Å²) in [5, 5.41) is 0.998. The lowest BCUT2D eigenvalue weighted by Gasteiger charge is -2.34. The van der Waals surface area contributed by atoms with Crippen molar-refractivity contribution in [2.24, 2.45) is 0 Å². The first-order valence-electron chi connectivity index (χ1n) is 9.31. The number of H-pyrrole nitrogens is 1. The Bertz CT molecular complexity index is 887. The van der Waals surface area contributed by atoms with Gasteiger partial charge in [0.25, 0.3) is 5.91 Å². The van der Waals surface area contributed by atoms with Gasteiger partial charge in [-0.2, -0.15) is 0 Å². The summed E-state index contributed by atoms with van der Waals surface area (Å²) < 4.78 is 7.78. The van der Waals surface area contributed by atoms with Gasteiger partial charge in [0.15, 0.2) is 0 Å². The zero-order chi connectivity index (χ0) is 18.1. The Balaban J connectivity index is 1.47. The molecule has 136 valence electrons. The van der Waals surface area contributed by atoms with E-state index in [1.165, 1.54) is 0 Å². The van der Waals surface area contributed by atoms with Gasteiger partial charge in [0.2, 0.25) is 0 Å². The highest BCUT2D eigenvalue weighted by molar-refractivity contribution is 5.99. The van der Waals surface area contributed by atoms with E-state index in [0.29, 0.717) is 11.7 Å². The number of fused-ring (bicyclic) bond motifs is 1. The molecule has 0 radical (unpaired) electrons. The van der Waals surface area contributed by atoms with Crippen molar-refractivity contribution in [1.82, 2.24) is 14.5 Å². The van der Waals surface area contributed by atoms with Crippen molar-refractivity contribution >= 4 is 16.8 Å². The molecule has 1 aliphatic rings. The number of benzene rings is 1. The SMILES string of the molecule is CC(C)N1CCC(Oc2ccc3[nH]c(C(=O)n4cccc4)cc3c2)CC1. The molecule has 1 fully saturated rings. The average Bonchev–Trinajstić information content (AvgIpc) is 3.31. The Morgan fingerprint density at radius 2 is 1.88 bits per heavy atom. The van der Waals surface area contributed by atoms with Gasteiger partial charge < -0.3 is 14.6 Å². The highest BCUT2D eigenvalue weighted by atomic mass is 16.5. The normalized spacial score (nSPS) is 16.4. The lowest BCUT2D eigenvalue weighted by Crippen LogP contribution is -2.41. The molecule has 3 heterocycles. The van der Waals surface area contributed by atoms with Crippen LogP contribution in [0.5, 0.6) is 5.75 Å². The number of likely N-dealkylation sites (tertiary alicyclic amines) is 1. The summed E-state index contributed by atoms with van der Waals surface area (Å²) in [6, 6.07) is 12.2. The Labute approximate surface area is 153 Å². The van der Waals surface area contributed by atoms with Crippen LogP contribution in [0.1, 0.15) is 37.2 Å². The van der Waals surface area contributed by atoms with Crippen LogP contribution in [0.3, 0.4) is 0 Å². The Hall–Kier alpha value is -2.53. The third-order valence-corrected chi connectivity index (χ3v) is 5.17. The predicted molar refractivity (Wildman–Crippen MR) is 103 cm³/mol. The molecule has 2 aromatic heterocycles. The van der Waals surface area contributed by atoms with Crippen LogP contribution in [0.15, 0.2) is 48.8 Å². The third kappa shape index (κ3) is 3.40. The van der Waals surface area contributed by atoms with Crippen molar-refractivity contribution < 1.29 is 9.53 Å². The molecular formula is C21H25N3O2. The summed E-state index contributed by atoms with van der Waals surface area (Å²) in [5.74, 6) is 0.814. The molecule has 0 aliphatic carbocycles. The highest BCUT2D eigenvalue weighted by Crippen LogP contribution is 2.25. The van der Waals surface area contributed by atoms with Crippen LogP contribution in [-0.2, 0) is 0 Å². The van der Waals surface area contributed by atoms with Crippen molar-refractivity contribution in [1.29, 1.82) is 0 Å². The van der Waals surface area contributed by atoms with Crippen LogP contribution in [-0.4, -0.2) is 45.6 Å². The Morgan fingerprint density at radius 1 is 1.15 bits per heavy atom. The number of carbonyl (C=O) groups is 1. The van der Waals surface area contributed by atoms with E-state index < -0.39 is 0 Å². The van der Waals surface area contributed by atoms with Gasteiger partial charge >= 0.3 is 0 Å². The molecule has 1 N–H and O–H groups in total. The van der Waals surface area contributed by atoms with E-state index >= 15 is 0 Å². The number of aromatic amines is 1. The molecule has 5 nitrogen and oxygen atoms in total. The van der Waals surface area contributed by atoms with Crippen molar-refractivity contribution in [2.45, 2.75) is 38.8 Å². The van der Waals surface area contributed by atoms with Crippen LogP contribution >= 0.6 is 0 Å². The fourth-order valence-electron chi connectivity index (χ4n) is 3.61. The standard InChI is InChI=1S/C21H25N3O2/c1-15(2)23-11-7-17(8-12-23)26-18-5-6-19-16(13-18)14-20(22-19)21(25)24-9-3-4-10-24/h3-6,9-10,13-15,17,22H,7-8,11-12H2,1-2H3. The maximum Gasteiger partial charge on any atom is 0.278 e. The quantitative estimate of drug-likeness (QED) is 0.775. The lowest BCUT2D eigenvalue weighted by molar-refractivity contribution is 0.0844. The summed E-state index contributed by atoms with van der Waals surface area (Å²) in [4.78, 5) is 18.2. The van der Waals surface area contributed by atoms with Crippen LogP contribution in [0, 0.1) is 0 Å². The number of carbonyl (C=O) groups excluding carboxylic acids is 1. The van der Waals surface area contributed by atoms with E-state index in [1.807, 2.05) is 36.4 Å². The average molecular weight is 351 g/mol. The van der Waals surface area contributed by atoms with Crippen LogP contribution in [0.2, 0.25) is 0 Å². The highest BCUT2D eigenvalue weighted by Gasteiger charge is 2.22. The molecule has 26 heavy (non-hydrogen) atoms. The van der Waals surface area contributed by atoms with Crippen molar-refractivity contribution in [3.63, 3.8) is 0 Å². The molecule has 0 saturated carbocycles. The van der Waals surface area contributed by atoms with E-state index in [4.69, 9.17) is 4.74 Å². The first-order valence-corrected chi connectivity index (χ1v) is 9.31. The molecule has 5 heteroatoms. The summed E-state index contributed by atoms with van der Waals surface area (Å²) in [6.07, 6.45) is 5.89. The Kier molecular flexibility index (Phi) is 4.55. The number of ether oxygens (including phenoxy) is 1. The smallest absolute Gasteiger partial charge is 0.278 e. The molecule has 1 saturated heterocycles. The Morgan fingerprint density at radius 3 is 2.58 bits per heavy atom. The van der Waals surface area contributed by atoms with E-state index in [1.54, 1.807) is 17.0 Å². The third-order valence-electron chi connectivity index (χ3n) is 5.17. The van der Waals surface area contributed by atoms with E-state index in [9.17, 15) is 4.79 Å². The summed E-state index contributed by atoms with van der Waals surface area (Å²) in [7, 11) is 0. The molecule has 0 bridgehead atoms. The van der Waals surface area contributed by atoms with Crippen LogP contribution in [0.25, 0.3) is 10.9 Å². The van der Waals surface area contributed by atoms with Gasteiger partial charge in [-0.25, -0.2) is 0 Å². The lowest BCUT2D eigenvalue weighted by atomic mass is 10.1. The van der Waals surface area contributed by atoms with Gasteiger partial charge in [0.05, 0.1) is 0 Å². The number of hydrogen-bond acceptors (Lipinski definition) is 3. The van der Waals surface area contributed by atoms with Crippen LogP contribution < -0.4 is 4.74 Å². The van der Waals surface area contributed by atoms with E-state index in [-0.39, 0.29) is 12.0 Å². The predicted octanol–water partition coefficient (Wildman–Crippen LogP) is 3.91. The van der Waals surface area contributed by atoms with Gasteiger partial charge in [-0.1, -0.05) is 0 Å². The monoisotopic (exact) mass is 351 g/mol. The fourth-order valence-corrected chi connectivity index (χ4v) is 3.61. The summed E-state index contributed by atoms with van der Waals surface area (Å²) >= 11 is 0. The van der Waals surface area contributed by atoms with Crippen LogP contribution in [0.4, 0.5) is 0 Å². The number of nitrogens with zero attached hydrogens (tertiary/aromatic N) is 2. The summed E-state index contributed by atoms with van der Waals surface area (Å²) in [6.45, 7) is 6.66. The second-order valence-corrected chi connectivity index (χ2v) is 7.27. The molecule has 0 unspecified atom stereocenters. The number of piperidine rings is 1. The fraction of sp³-hybridized carbons (Fsp3) is 0.381. The molecule has 1 aliphatic heterocycles. The maximum absolute atomic E-state index is 12.5. The first-order chi connectivity index (χ1) is 12.6. The molecule has 0 atom stereocenters. The van der Waals surface area contributed by atoms with Gasteiger partial charge in [-0.05, 0) is 63.1 Å². The van der Waals surface area contributed by atoms with Crippen molar-refractivity contribution in [3.8, 4) is 5.75 Å². The minimum Gasteiger partial charge on any atom is -0.490 e. The molecule has 1 aromatic carbocycles. The van der Waals surface area contributed by atoms with Crippen molar-refractivity contribution in [3.05, 3.63) is 54.5 Å². The number of aromatic nitrogens is 2. The first kappa shape index (κ1) is 16.9. The maximum atomic E-state index is 12.5. The number of nitrogens with one attached hydrogen (secondary N) is 1. The minimum absolute atomic E-state index is 0.0604. The van der Waals surface area contributed by atoms with Gasteiger partial charge in [-0.3, -0.25) is 9.36 Å². The topological polar surface area (TPSA) is 50.3 Å². The molecule has 0 spiro atoms. The zero-order valence-electron chi connectivity index (χ0n) is 15.3. The van der Waals surface area contributed by atoms with E-state index in [2.05, 4.69) is 23.7 Å². The molecule has 0 amide bonds. The molecule has 4 rings (SSSR count). The second kappa shape index (κ2) is 7.00.